The third-order valence-corrected chi connectivity index (χ3v) is 6.88. The van der Waals surface area contributed by atoms with E-state index in [2.05, 4.69) is 29.2 Å². The lowest BCUT2D eigenvalue weighted by Crippen LogP contribution is -2.41. The van der Waals surface area contributed by atoms with E-state index in [0.29, 0.717) is 24.8 Å². The van der Waals surface area contributed by atoms with Crippen molar-refractivity contribution < 1.29 is 14.3 Å². The summed E-state index contributed by atoms with van der Waals surface area (Å²) < 4.78 is 5.23. The zero-order valence-electron chi connectivity index (χ0n) is 21.5. The van der Waals surface area contributed by atoms with Crippen molar-refractivity contribution in [3.63, 3.8) is 0 Å². The Morgan fingerprint density at radius 1 is 0.917 bits per heavy atom. The number of amides is 1. The van der Waals surface area contributed by atoms with Gasteiger partial charge in [0.15, 0.2) is 0 Å². The number of benzene rings is 3. The Kier molecular flexibility index (Phi) is 7.89. The van der Waals surface area contributed by atoms with Gasteiger partial charge in [-0.2, -0.15) is 0 Å². The molecule has 1 heterocycles. The number of rotatable bonds is 9. The number of H-pyrrole nitrogens is 1. The Hall–Kier alpha value is -3.86. The predicted molar refractivity (Wildman–Crippen MR) is 144 cm³/mol. The van der Waals surface area contributed by atoms with Crippen LogP contribution in [0.2, 0.25) is 0 Å². The summed E-state index contributed by atoms with van der Waals surface area (Å²) in [6, 6.07) is 23.9. The summed E-state index contributed by atoms with van der Waals surface area (Å²) in [5, 5.41) is 1.10. The number of methoxy groups -OCH3 is 1. The summed E-state index contributed by atoms with van der Waals surface area (Å²) in [4.78, 5) is 31.7. The summed E-state index contributed by atoms with van der Waals surface area (Å²) in [6.45, 7) is 4.00. The summed E-state index contributed by atoms with van der Waals surface area (Å²) in [5.41, 5.74) is 6.01. The Morgan fingerprint density at radius 3 is 2.28 bits per heavy atom. The van der Waals surface area contributed by atoms with Crippen LogP contribution in [-0.4, -0.2) is 42.0 Å². The summed E-state index contributed by atoms with van der Waals surface area (Å²) in [6.07, 6.45) is 3.65. The largest absolute Gasteiger partial charge is 0.469 e. The van der Waals surface area contributed by atoms with Crippen LogP contribution in [0.1, 0.15) is 39.0 Å². The van der Waals surface area contributed by atoms with E-state index in [9.17, 15) is 9.59 Å². The molecule has 0 saturated carbocycles. The molecule has 0 aliphatic carbocycles. The molecule has 1 N–H and O–H groups in total. The van der Waals surface area contributed by atoms with Crippen molar-refractivity contribution in [1.82, 2.24) is 9.88 Å². The van der Waals surface area contributed by atoms with Crippen molar-refractivity contribution >= 4 is 22.8 Å². The Balaban J connectivity index is 1.64. The SMILES string of the molecule is COC(=O)C(Cc1c[nH]c2ccccc12)CC(Cc1ccccc1)N(C)C(=O)c1cc(C)cc(C)c1. The van der Waals surface area contributed by atoms with Crippen molar-refractivity contribution in [2.24, 2.45) is 5.92 Å². The number of ether oxygens (including phenoxy) is 1. The van der Waals surface area contributed by atoms with E-state index in [1.807, 2.05) is 75.6 Å². The van der Waals surface area contributed by atoms with Crippen LogP contribution in [-0.2, 0) is 22.4 Å². The highest BCUT2D eigenvalue weighted by Gasteiger charge is 2.30. The third kappa shape index (κ3) is 5.85. The van der Waals surface area contributed by atoms with Crippen LogP contribution in [0.5, 0.6) is 0 Å². The number of aromatic amines is 1. The minimum Gasteiger partial charge on any atom is -0.469 e. The quantitative estimate of drug-likeness (QED) is 0.303. The van der Waals surface area contributed by atoms with Gasteiger partial charge >= 0.3 is 5.97 Å². The standard InChI is InChI=1S/C31H34N2O3/c1-21-14-22(2)16-24(15-21)30(34)33(3)27(17-23-10-6-5-7-11-23)19-25(31(35)36-4)18-26-20-32-29-13-9-8-12-28(26)29/h5-16,20,25,27,32H,17-19H2,1-4H3. The summed E-state index contributed by atoms with van der Waals surface area (Å²) in [5.74, 6) is -0.693. The van der Waals surface area contributed by atoms with Crippen LogP contribution in [0.4, 0.5) is 0 Å². The topological polar surface area (TPSA) is 62.4 Å². The van der Waals surface area contributed by atoms with Crippen LogP contribution in [0.25, 0.3) is 10.9 Å². The molecule has 5 heteroatoms. The second kappa shape index (κ2) is 11.3. The highest BCUT2D eigenvalue weighted by atomic mass is 16.5. The van der Waals surface area contributed by atoms with Crippen LogP contribution in [0.3, 0.4) is 0 Å². The van der Waals surface area contributed by atoms with Crippen LogP contribution >= 0.6 is 0 Å². The average molecular weight is 483 g/mol. The molecule has 0 spiro atoms. The molecule has 4 rings (SSSR count). The second-order valence-corrected chi connectivity index (χ2v) is 9.66. The first-order chi connectivity index (χ1) is 17.4. The Bertz CT molecular complexity index is 1320. The van der Waals surface area contributed by atoms with E-state index >= 15 is 0 Å². The number of hydrogen-bond donors (Lipinski definition) is 1. The van der Waals surface area contributed by atoms with Gasteiger partial charge in [-0.15, -0.1) is 0 Å². The molecule has 5 nitrogen and oxygen atoms in total. The molecule has 36 heavy (non-hydrogen) atoms. The number of nitrogens with zero attached hydrogens (tertiary/aromatic N) is 1. The normalized spacial score (nSPS) is 12.8. The predicted octanol–water partition coefficient (Wildman–Crippen LogP) is 5.89. The summed E-state index contributed by atoms with van der Waals surface area (Å²) in [7, 11) is 3.27. The molecule has 0 aliphatic rings. The van der Waals surface area contributed by atoms with Crippen LogP contribution in [0, 0.1) is 19.8 Å². The number of likely N-dealkylation sites (N-methyl/N-ethyl adjacent to an activating group) is 1. The average Bonchev–Trinajstić information content (AvgIpc) is 3.29. The van der Waals surface area contributed by atoms with E-state index in [0.717, 1.165) is 33.2 Å². The fourth-order valence-electron chi connectivity index (χ4n) is 5.06. The molecule has 0 aliphatic heterocycles. The van der Waals surface area contributed by atoms with E-state index in [-0.39, 0.29) is 17.9 Å². The molecule has 1 amide bonds. The maximum atomic E-state index is 13.6. The number of aryl methyl sites for hydroxylation is 2. The van der Waals surface area contributed by atoms with E-state index in [4.69, 9.17) is 4.74 Å². The van der Waals surface area contributed by atoms with E-state index in [1.54, 1.807) is 4.90 Å². The lowest BCUT2D eigenvalue weighted by Gasteiger charge is -2.31. The van der Waals surface area contributed by atoms with E-state index < -0.39 is 5.92 Å². The lowest BCUT2D eigenvalue weighted by molar-refractivity contribution is -0.146. The van der Waals surface area contributed by atoms with E-state index in [1.165, 1.54) is 7.11 Å². The first kappa shape index (κ1) is 25.2. The number of carbonyl (C=O) groups is 2. The summed E-state index contributed by atoms with van der Waals surface area (Å²) >= 11 is 0. The van der Waals surface area contributed by atoms with Crippen LogP contribution < -0.4 is 0 Å². The monoisotopic (exact) mass is 482 g/mol. The molecule has 186 valence electrons. The zero-order valence-corrected chi connectivity index (χ0v) is 21.5. The zero-order chi connectivity index (χ0) is 25.7. The van der Waals surface area contributed by atoms with Crippen molar-refractivity contribution in [3.8, 4) is 0 Å². The van der Waals surface area contributed by atoms with Gasteiger partial charge in [0.05, 0.1) is 13.0 Å². The molecule has 0 fully saturated rings. The van der Waals surface area contributed by atoms with Gasteiger partial charge in [-0.25, -0.2) is 0 Å². The number of esters is 1. The molecule has 1 aromatic heterocycles. The highest BCUT2D eigenvalue weighted by Crippen LogP contribution is 2.26. The first-order valence-electron chi connectivity index (χ1n) is 12.4. The van der Waals surface area contributed by atoms with Crippen molar-refractivity contribution in [2.75, 3.05) is 14.2 Å². The van der Waals surface area contributed by atoms with Gasteiger partial charge in [-0.05, 0) is 62.4 Å². The van der Waals surface area contributed by atoms with Gasteiger partial charge in [0.1, 0.15) is 0 Å². The van der Waals surface area contributed by atoms with Crippen molar-refractivity contribution in [3.05, 3.63) is 107 Å². The third-order valence-electron chi connectivity index (χ3n) is 6.88. The molecule has 2 atom stereocenters. The van der Waals surface area contributed by atoms with Gasteiger partial charge in [0, 0.05) is 35.8 Å². The molecule has 0 saturated heterocycles. The maximum Gasteiger partial charge on any atom is 0.309 e. The molecular formula is C31H34N2O3. The lowest BCUT2D eigenvalue weighted by atomic mass is 9.89. The number of carbonyl (C=O) groups excluding carboxylic acids is 2. The number of hydrogen-bond acceptors (Lipinski definition) is 3. The van der Waals surface area contributed by atoms with Gasteiger partial charge in [0.2, 0.25) is 0 Å². The molecule has 3 aromatic carbocycles. The molecular weight excluding hydrogens is 448 g/mol. The molecule has 2 unspecified atom stereocenters. The van der Waals surface area contributed by atoms with Crippen LogP contribution in [0.15, 0.2) is 79.0 Å². The molecule has 4 aromatic rings. The highest BCUT2D eigenvalue weighted by molar-refractivity contribution is 5.94. The molecule has 0 radical (unpaired) electrons. The molecule has 0 bridgehead atoms. The fraction of sp³-hybridized carbons (Fsp3) is 0.290. The van der Waals surface area contributed by atoms with Gasteiger partial charge in [-0.3, -0.25) is 9.59 Å². The number of fused-ring (bicyclic) bond motifs is 1. The fourth-order valence-corrected chi connectivity index (χ4v) is 5.06. The van der Waals surface area contributed by atoms with Gasteiger partial charge in [0.25, 0.3) is 5.91 Å². The second-order valence-electron chi connectivity index (χ2n) is 9.66. The maximum absolute atomic E-state index is 13.6. The smallest absolute Gasteiger partial charge is 0.309 e. The minimum atomic E-state index is -0.391. The number of para-hydroxylation sites is 1. The van der Waals surface area contributed by atoms with Gasteiger partial charge in [-0.1, -0.05) is 65.7 Å². The first-order valence-corrected chi connectivity index (χ1v) is 12.4. The number of nitrogens with one attached hydrogen (secondary N) is 1. The van der Waals surface area contributed by atoms with Crippen molar-refractivity contribution in [1.29, 1.82) is 0 Å². The Morgan fingerprint density at radius 2 is 1.58 bits per heavy atom. The van der Waals surface area contributed by atoms with Crippen molar-refractivity contribution in [2.45, 2.75) is 39.2 Å². The minimum absolute atomic E-state index is 0.0431. The number of aromatic nitrogens is 1. The Labute approximate surface area is 213 Å². The van der Waals surface area contributed by atoms with Gasteiger partial charge < -0.3 is 14.6 Å².